The quantitative estimate of drug-likeness (QED) is 0.796. The molecule has 112 valence electrons. The van der Waals surface area contributed by atoms with Crippen molar-refractivity contribution in [2.24, 2.45) is 17.6 Å². The van der Waals surface area contributed by atoms with Crippen molar-refractivity contribution in [1.29, 1.82) is 0 Å². The molecule has 0 saturated carbocycles. The summed E-state index contributed by atoms with van der Waals surface area (Å²) >= 11 is 0. The number of nitrogens with zero attached hydrogens (tertiary/aromatic N) is 2. The van der Waals surface area contributed by atoms with Crippen molar-refractivity contribution < 1.29 is 4.79 Å². The van der Waals surface area contributed by atoms with Gasteiger partial charge in [0.25, 0.3) is 0 Å². The first kappa shape index (κ1) is 16.4. The first-order valence-electron chi connectivity index (χ1n) is 7.61. The molecule has 1 rings (SSSR count). The van der Waals surface area contributed by atoms with Crippen LogP contribution in [-0.2, 0) is 4.79 Å². The van der Waals surface area contributed by atoms with Crippen LogP contribution in [0.4, 0.5) is 0 Å². The number of hydrogen-bond acceptors (Lipinski definition) is 3. The van der Waals surface area contributed by atoms with E-state index in [1.807, 2.05) is 18.7 Å². The van der Waals surface area contributed by atoms with Gasteiger partial charge in [0.05, 0.1) is 6.04 Å². The third-order valence-electron chi connectivity index (χ3n) is 4.15. The van der Waals surface area contributed by atoms with Gasteiger partial charge >= 0.3 is 0 Å². The minimum Gasteiger partial charge on any atom is -0.341 e. The zero-order valence-electron chi connectivity index (χ0n) is 13.1. The Bertz CT molecular complexity index is 271. The molecule has 0 radical (unpaired) electrons. The molecule has 0 spiro atoms. The van der Waals surface area contributed by atoms with Crippen LogP contribution in [0, 0.1) is 11.8 Å². The number of hydrogen-bond donors (Lipinski definition) is 1. The van der Waals surface area contributed by atoms with Crippen molar-refractivity contribution in [1.82, 2.24) is 9.80 Å². The number of carbonyl (C=O) groups is 1. The zero-order chi connectivity index (χ0) is 14.4. The average molecular weight is 269 g/mol. The second kappa shape index (κ2) is 7.85. The Kier molecular flexibility index (Phi) is 6.80. The van der Waals surface area contributed by atoms with Gasteiger partial charge in [-0.15, -0.1) is 0 Å². The summed E-state index contributed by atoms with van der Waals surface area (Å²) < 4.78 is 0. The van der Waals surface area contributed by atoms with Crippen LogP contribution in [0.1, 0.15) is 39.5 Å². The minimum absolute atomic E-state index is 0.141. The molecule has 0 aromatic carbocycles. The number of amides is 1. The summed E-state index contributed by atoms with van der Waals surface area (Å²) in [6, 6.07) is -0.328. The summed E-state index contributed by atoms with van der Waals surface area (Å²) in [4.78, 5) is 16.3. The van der Waals surface area contributed by atoms with Gasteiger partial charge in [0.2, 0.25) is 5.91 Å². The largest absolute Gasteiger partial charge is 0.341 e. The fraction of sp³-hybridized carbons (Fsp3) is 0.933. The highest BCUT2D eigenvalue weighted by atomic mass is 16.2. The predicted octanol–water partition coefficient (Wildman–Crippen LogP) is 1.55. The molecule has 4 heteroatoms. The van der Waals surface area contributed by atoms with Gasteiger partial charge in [-0.1, -0.05) is 13.8 Å². The molecular weight excluding hydrogens is 238 g/mol. The molecule has 19 heavy (non-hydrogen) atoms. The molecule has 1 heterocycles. The van der Waals surface area contributed by atoms with E-state index in [9.17, 15) is 4.79 Å². The standard InChI is InChI=1S/C15H31N3O/c1-12(2)14(16)15(19)18-10-7-13(8-11-18)6-5-9-17(3)4/h12-14H,5-11,16H2,1-4H3/t14-/m0/s1. The van der Waals surface area contributed by atoms with Crippen molar-refractivity contribution in [3.8, 4) is 0 Å². The van der Waals surface area contributed by atoms with E-state index < -0.39 is 0 Å². The van der Waals surface area contributed by atoms with Crippen LogP contribution in [0.25, 0.3) is 0 Å². The molecule has 1 aliphatic rings. The smallest absolute Gasteiger partial charge is 0.239 e. The fourth-order valence-electron chi connectivity index (χ4n) is 2.63. The molecule has 1 atom stereocenters. The van der Waals surface area contributed by atoms with Crippen molar-refractivity contribution in [3.63, 3.8) is 0 Å². The van der Waals surface area contributed by atoms with Crippen LogP contribution in [0.5, 0.6) is 0 Å². The predicted molar refractivity (Wildman–Crippen MR) is 79.9 cm³/mol. The van der Waals surface area contributed by atoms with E-state index in [4.69, 9.17) is 5.73 Å². The minimum atomic E-state index is -0.328. The Morgan fingerprint density at radius 3 is 2.37 bits per heavy atom. The SMILES string of the molecule is CC(C)[C@H](N)C(=O)N1CCC(CCCN(C)C)CC1. The highest BCUT2D eigenvalue weighted by Gasteiger charge is 2.27. The average Bonchev–Trinajstić information content (AvgIpc) is 2.37. The summed E-state index contributed by atoms with van der Waals surface area (Å²) in [6.07, 6.45) is 4.83. The molecule has 4 nitrogen and oxygen atoms in total. The Morgan fingerprint density at radius 2 is 1.89 bits per heavy atom. The van der Waals surface area contributed by atoms with Gasteiger partial charge < -0.3 is 15.5 Å². The van der Waals surface area contributed by atoms with Gasteiger partial charge in [0.15, 0.2) is 0 Å². The van der Waals surface area contributed by atoms with Gasteiger partial charge in [-0.3, -0.25) is 4.79 Å². The van der Waals surface area contributed by atoms with Gasteiger partial charge in [-0.05, 0) is 58.2 Å². The number of likely N-dealkylation sites (tertiary alicyclic amines) is 1. The van der Waals surface area contributed by atoms with Crippen molar-refractivity contribution >= 4 is 5.91 Å². The second-order valence-electron chi connectivity index (χ2n) is 6.48. The molecule has 2 N–H and O–H groups in total. The van der Waals surface area contributed by atoms with Crippen LogP contribution in [0.3, 0.4) is 0 Å². The summed E-state index contributed by atoms with van der Waals surface area (Å²) in [5, 5.41) is 0. The lowest BCUT2D eigenvalue weighted by Gasteiger charge is -2.34. The maximum Gasteiger partial charge on any atom is 0.239 e. The number of piperidine rings is 1. The van der Waals surface area contributed by atoms with E-state index >= 15 is 0 Å². The summed E-state index contributed by atoms with van der Waals surface area (Å²) in [6.45, 7) is 6.97. The molecule has 0 unspecified atom stereocenters. The molecule has 0 bridgehead atoms. The van der Waals surface area contributed by atoms with E-state index in [0.717, 1.165) is 38.4 Å². The molecule has 0 aliphatic carbocycles. The maximum atomic E-state index is 12.1. The first-order valence-corrected chi connectivity index (χ1v) is 7.61. The van der Waals surface area contributed by atoms with E-state index in [1.54, 1.807) is 0 Å². The van der Waals surface area contributed by atoms with E-state index in [0.29, 0.717) is 0 Å². The van der Waals surface area contributed by atoms with Crippen molar-refractivity contribution in [2.45, 2.75) is 45.6 Å². The lowest BCUT2D eigenvalue weighted by Crippen LogP contribution is -2.49. The molecule has 1 amide bonds. The van der Waals surface area contributed by atoms with Gasteiger partial charge in [0.1, 0.15) is 0 Å². The lowest BCUT2D eigenvalue weighted by molar-refractivity contribution is -0.135. The Balaban J connectivity index is 2.27. The van der Waals surface area contributed by atoms with Gasteiger partial charge in [0, 0.05) is 13.1 Å². The first-order chi connectivity index (χ1) is 8.91. The zero-order valence-corrected chi connectivity index (χ0v) is 13.1. The van der Waals surface area contributed by atoms with Crippen LogP contribution in [0.15, 0.2) is 0 Å². The monoisotopic (exact) mass is 269 g/mol. The molecule has 1 saturated heterocycles. The molecule has 0 aromatic rings. The number of carbonyl (C=O) groups excluding carboxylic acids is 1. The normalized spacial score (nSPS) is 19.2. The highest BCUT2D eigenvalue weighted by Crippen LogP contribution is 2.22. The fourth-order valence-corrected chi connectivity index (χ4v) is 2.63. The van der Waals surface area contributed by atoms with Crippen molar-refractivity contribution in [3.05, 3.63) is 0 Å². The van der Waals surface area contributed by atoms with Crippen LogP contribution in [0.2, 0.25) is 0 Å². The Hall–Kier alpha value is -0.610. The molecular formula is C15H31N3O. The third-order valence-corrected chi connectivity index (χ3v) is 4.15. The maximum absolute atomic E-state index is 12.1. The Morgan fingerprint density at radius 1 is 1.32 bits per heavy atom. The number of nitrogens with two attached hydrogens (primary N) is 1. The second-order valence-corrected chi connectivity index (χ2v) is 6.48. The van der Waals surface area contributed by atoms with E-state index in [-0.39, 0.29) is 17.9 Å². The summed E-state index contributed by atoms with van der Waals surface area (Å²) in [7, 11) is 4.24. The third kappa shape index (κ3) is 5.49. The van der Waals surface area contributed by atoms with E-state index in [2.05, 4.69) is 19.0 Å². The topological polar surface area (TPSA) is 49.6 Å². The van der Waals surface area contributed by atoms with Gasteiger partial charge in [-0.25, -0.2) is 0 Å². The summed E-state index contributed by atoms with van der Waals surface area (Å²) in [5.41, 5.74) is 5.94. The molecule has 0 aromatic heterocycles. The van der Waals surface area contributed by atoms with Crippen LogP contribution in [-0.4, -0.2) is 55.5 Å². The highest BCUT2D eigenvalue weighted by molar-refractivity contribution is 5.82. The van der Waals surface area contributed by atoms with Crippen LogP contribution >= 0.6 is 0 Å². The van der Waals surface area contributed by atoms with Gasteiger partial charge in [-0.2, -0.15) is 0 Å². The summed E-state index contributed by atoms with van der Waals surface area (Å²) in [5.74, 6) is 1.16. The lowest BCUT2D eigenvalue weighted by atomic mass is 9.91. The Labute approximate surface area is 118 Å². The van der Waals surface area contributed by atoms with E-state index in [1.165, 1.54) is 12.8 Å². The number of rotatable bonds is 6. The van der Waals surface area contributed by atoms with Crippen LogP contribution < -0.4 is 5.73 Å². The molecule has 1 fully saturated rings. The molecule has 1 aliphatic heterocycles. The van der Waals surface area contributed by atoms with Crippen molar-refractivity contribution in [2.75, 3.05) is 33.7 Å².